The van der Waals surface area contributed by atoms with E-state index in [9.17, 15) is 9.59 Å². The molecule has 25 heavy (non-hydrogen) atoms. The summed E-state index contributed by atoms with van der Waals surface area (Å²) in [6.45, 7) is 5.48. The van der Waals surface area contributed by atoms with Crippen molar-refractivity contribution >= 4 is 6.03 Å². The van der Waals surface area contributed by atoms with Crippen LogP contribution >= 0.6 is 0 Å². The Morgan fingerprint density at radius 3 is 2.96 bits per heavy atom. The number of rotatable bonds is 6. The number of furan rings is 1. The fraction of sp³-hybridized carbons (Fsp3) is 0.588. The summed E-state index contributed by atoms with van der Waals surface area (Å²) in [5.41, 5.74) is -0.0408. The normalized spacial score (nSPS) is 14.8. The van der Waals surface area contributed by atoms with E-state index in [1.54, 1.807) is 4.57 Å². The van der Waals surface area contributed by atoms with Crippen LogP contribution in [0.4, 0.5) is 4.79 Å². The number of aryl methyl sites for hydroxylation is 3. The van der Waals surface area contributed by atoms with Crippen molar-refractivity contribution in [2.75, 3.05) is 6.54 Å². The van der Waals surface area contributed by atoms with Gasteiger partial charge in [0.1, 0.15) is 17.3 Å². The van der Waals surface area contributed by atoms with E-state index >= 15 is 0 Å². The molecular formula is C17H25N5O3. The van der Waals surface area contributed by atoms with Crippen molar-refractivity contribution < 1.29 is 9.21 Å². The van der Waals surface area contributed by atoms with Crippen LogP contribution in [0.1, 0.15) is 49.6 Å². The summed E-state index contributed by atoms with van der Waals surface area (Å²) in [6.07, 6.45) is 3.64. The van der Waals surface area contributed by atoms with Crippen molar-refractivity contribution in [3.05, 3.63) is 40.0 Å². The summed E-state index contributed by atoms with van der Waals surface area (Å²) < 4.78 is 8.76. The first kappa shape index (κ1) is 17.3. The Labute approximate surface area is 146 Å². The van der Waals surface area contributed by atoms with Gasteiger partial charge < -0.3 is 15.1 Å². The third-order valence-electron chi connectivity index (χ3n) is 4.40. The minimum Gasteiger partial charge on any atom is -0.464 e. The number of nitrogens with zero attached hydrogens (tertiary/aromatic N) is 3. The van der Waals surface area contributed by atoms with Crippen LogP contribution in [0, 0.1) is 6.92 Å². The lowest BCUT2D eigenvalue weighted by atomic mass is 10.2. The Hall–Kier alpha value is -2.51. The molecule has 0 unspecified atom stereocenters. The van der Waals surface area contributed by atoms with Crippen LogP contribution in [0.25, 0.3) is 0 Å². The van der Waals surface area contributed by atoms with E-state index in [-0.39, 0.29) is 17.8 Å². The Bertz CT molecular complexity index is 789. The van der Waals surface area contributed by atoms with Gasteiger partial charge >= 0.3 is 11.7 Å². The number of urea groups is 1. The molecule has 2 N–H and O–H groups in total. The van der Waals surface area contributed by atoms with E-state index < -0.39 is 0 Å². The number of carbonyl (C=O) groups is 1. The van der Waals surface area contributed by atoms with Gasteiger partial charge in [0.05, 0.1) is 6.04 Å². The smallest absolute Gasteiger partial charge is 0.345 e. The maximum atomic E-state index is 12.2. The average Bonchev–Trinajstić information content (AvgIpc) is 3.16. The molecule has 0 aromatic carbocycles. The highest BCUT2D eigenvalue weighted by molar-refractivity contribution is 5.74. The van der Waals surface area contributed by atoms with Crippen LogP contribution in [0.15, 0.2) is 21.3 Å². The average molecular weight is 347 g/mol. The molecule has 0 aliphatic carbocycles. The van der Waals surface area contributed by atoms with Crippen LogP contribution in [0.2, 0.25) is 0 Å². The summed E-state index contributed by atoms with van der Waals surface area (Å²) in [5, 5.41) is 10.0. The number of nitrogens with one attached hydrogen (secondary N) is 2. The third-order valence-corrected chi connectivity index (χ3v) is 4.40. The summed E-state index contributed by atoms with van der Waals surface area (Å²) in [5.74, 6) is 2.42. The standard InChI is InChI=1S/C17H25N5O3/c1-12-7-8-14(25-12)13(2)19-16(23)18-9-5-11-22-17(24)21-10-4-3-6-15(21)20-22/h7-8,13H,3-6,9-11H2,1-2H3,(H2,18,19,23)/t13-/m0/s1. The lowest BCUT2D eigenvalue weighted by Gasteiger charge is -2.12. The van der Waals surface area contributed by atoms with Gasteiger partial charge in [-0.1, -0.05) is 0 Å². The second-order valence-electron chi connectivity index (χ2n) is 6.45. The summed E-state index contributed by atoms with van der Waals surface area (Å²) in [6, 6.07) is 3.27. The minimum atomic E-state index is -0.252. The Kier molecular flexibility index (Phi) is 5.25. The zero-order valence-electron chi connectivity index (χ0n) is 14.7. The lowest BCUT2D eigenvalue weighted by Crippen LogP contribution is -2.38. The van der Waals surface area contributed by atoms with Gasteiger partial charge in [-0.2, -0.15) is 5.10 Å². The summed E-state index contributed by atoms with van der Waals surface area (Å²) in [7, 11) is 0. The largest absolute Gasteiger partial charge is 0.464 e. The van der Waals surface area contributed by atoms with Gasteiger partial charge in [-0.25, -0.2) is 14.3 Å². The quantitative estimate of drug-likeness (QED) is 0.778. The van der Waals surface area contributed by atoms with E-state index in [0.717, 1.165) is 43.2 Å². The lowest BCUT2D eigenvalue weighted by molar-refractivity contribution is 0.235. The van der Waals surface area contributed by atoms with Gasteiger partial charge in [0.2, 0.25) is 0 Å². The Balaban J connectivity index is 1.42. The molecule has 2 aromatic rings. The monoisotopic (exact) mass is 347 g/mol. The molecule has 1 aliphatic heterocycles. The van der Waals surface area contributed by atoms with E-state index in [0.29, 0.717) is 19.5 Å². The van der Waals surface area contributed by atoms with Crippen molar-refractivity contribution in [3.63, 3.8) is 0 Å². The van der Waals surface area contributed by atoms with Crippen molar-refractivity contribution in [2.24, 2.45) is 0 Å². The second-order valence-corrected chi connectivity index (χ2v) is 6.45. The molecule has 3 heterocycles. The van der Waals surface area contributed by atoms with Crippen molar-refractivity contribution in [2.45, 2.75) is 58.7 Å². The number of carbonyl (C=O) groups excluding carboxylic acids is 1. The molecule has 2 amide bonds. The Morgan fingerprint density at radius 1 is 1.40 bits per heavy atom. The van der Waals surface area contributed by atoms with Gasteiger partial charge in [-0.15, -0.1) is 0 Å². The van der Waals surface area contributed by atoms with Gasteiger partial charge in [-0.05, 0) is 45.2 Å². The molecule has 1 atom stereocenters. The van der Waals surface area contributed by atoms with Crippen molar-refractivity contribution in [1.82, 2.24) is 25.0 Å². The van der Waals surface area contributed by atoms with Crippen LogP contribution in [-0.2, 0) is 19.5 Å². The van der Waals surface area contributed by atoms with E-state index in [1.807, 2.05) is 26.0 Å². The number of fused-ring (bicyclic) bond motifs is 1. The summed E-state index contributed by atoms with van der Waals surface area (Å²) in [4.78, 5) is 24.1. The fourth-order valence-corrected chi connectivity index (χ4v) is 3.03. The van der Waals surface area contributed by atoms with Gasteiger partial charge in [-0.3, -0.25) is 4.57 Å². The van der Waals surface area contributed by atoms with Gasteiger partial charge in [0, 0.05) is 26.1 Å². The number of amides is 2. The molecule has 0 spiro atoms. The zero-order chi connectivity index (χ0) is 17.8. The maximum absolute atomic E-state index is 12.2. The molecule has 0 saturated carbocycles. The van der Waals surface area contributed by atoms with E-state index in [4.69, 9.17) is 4.42 Å². The van der Waals surface area contributed by atoms with Crippen LogP contribution in [0.3, 0.4) is 0 Å². The first-order valence-corrected chi connectivity index (χ1v) is 8.82. The first-order valence-electron chi connectivity index (χ1n) is 8.82. The topological polar surface area (TPSA) is 94.1 Å². The van der Waals surface area contributed by atoms with Crippen LogP contribution < -0.4 is 16.3 Å². The molecule has 0 saturated heterocycles. The molecule has 0 radical (unpaired) electrons. The first-order chi connectivity index (χ1) is 12.0. The maximum Gasteiger partial charge on any atom is 0.345 e. The van der Waals surface area contributed by atoms with Crippen molar-refractivity contribution in [1.29, 1.82) is 0 Å². The number of hydrogen-bond donors (Lipinski definition) is 2. The van der Waals surface area contributed by atoms with Crippen LogP contribution in [-0.4, -0.2) is 26.9 Å². The molecular weight excluding hydrogens is 322 g/mol. The zero-order valence-corrected chi connectivity index (χ0v) is 14.7. The van der Waals surface area contributed by atoms with Crippen molar-refractivity contribution in [3.8, 4) is 0 Å². The molecule has 8 heteroatoms. The minimum absolute atomic E-state index is 0.0408. The molecule has 3 rings (SSSR count). The molecule has 0 fully saturated rings. The van der Waals surface area contributed by atoms with Crippen LogP contribution in [0.5, 0.6) is 0 Å². The highest BCUT2D eigenvalue weighted by Crippen LogP contribution is 2.15. The molecule has 136 valence electrons. The van der Waals surface area contributed by atoms with Gasteiger partial charge in [0.15, 0.2) is 0 Å². The highest BCUT2D eigenvalue weighted by Gasteiger charge is 2.16. The molecule has 8 nitrogen and oxygen atoms in total. The summed E-state index contributed by atoms with van der Waals surface area (Å²) >= 11 is 0. The fourth-order valence-electron chi connectivity index (χ4n) is 3.03. The second kappa shape index (κ2) is 7.58. The van der Waals surface area contributed by atoms with Gasteiger partial charge in [0.25, 0.3) is 0 Å². The molecule has 1 aliphatic rings. The molecule has 0 bridgehead atoms. The highest BCUT2D eigenvalue weighted by atomic mass is 16.3. The van der Waals surface area contributed by atoms with E-state index in [2.05, 4.69) is 15.7 Å². The predicted molar refractivity (Wildman–Crippen MR) is 92.4 cm³/mol. The SMILES string of the molecule is Cc1ccc([C@H](C)NC(=O)NCCCn2nc3n(c2=O)CCCC3)o1. The number of hydrogen-bond acceptors (Lipinski definition) is 4. The number of aromatic nitrogens is 3. The third kappa shape index (κ3) is 4.12. The van der Waals surface area contributed by atoms with E-state index in [1.165, 1.54) is 4.68 Å². The Morgan fingerprint density at radius 2 is 2.24 bits per heavy atom. The molecule has 2 aromatic heterocycles. The predicted octanol–water partition coefficient (Wildman–Crippen LogP) is 1.73.